The van der Waals surface area contributed by atoms with Crippen molar-refractivity contribution in [2.24, 2.45) is 5.92 Å². The Morgan fingerprint density at radius 1 is 1.33 bits per heavy atom. The van der Waals surface area contributed by atoms with Gasteiger partial charge in [0.25, 0.3) is 0 Å². The SMILES string of the molecule is CCNc1cc(NC(C)(C)C2CC2)nc(SC)n1. The standard InChI is InChI=1S/C13H22N4S/c1-5-14-10-8-11(16-12(15-10)18-4)17-13(2,3)9-6-7-9/h8-9H,5-7H2,1-4H3,(H2,14,15,16,17). The second-order valence-electron chi connectivity index (χ2n) is 5.28. The lowest BCUT2D eigenvalue weighted by Crippen LogP contribution is -2.33. The van der Waals surface area contributed by atoms with Gasteiger partial charge >= 0.3 is 0 Å². The van der Waals surface area contributed by atoms with Crippen LogP contribution in [0.2, 0.25) is 0 Å². The molecule has 4 nitrogen and oxygen atoms in total. The number of hydrogen-bond acceptors (Lipinski definition) is 5. The van der Waals surface area contributed by atoms with Crippen LogP contribution in [0.3, 0.4) is 0 Å². The summed E-state index contributed by atoms with van der Waals surface area (Å²) in [5.41, 5.74) is 0.119. The fourth-order valence-corrected chi connectivity index (χ4v) is 2.47. The smallest absolute Gasteiger partial charge is 0.191 e. The van der Waals surface area contributed by atoms with Gasteiger partial charge in [-0.15, -0.1) is 0 Å². The number of thioether (sulfide) groups is 1. The molecule has 1 fully saturated rings. The molecule has 0 unspecified atom stereocenters. The number of hydrogen-bond donors (Lipinski definition) is 2. The van der Waals surface area contributed by atoms with E-state index < -0.39 is 0 Å². The molecule has 100 valence electrons. The summed E-state index contributed by atoms with van der Waals surface area (Å²) < 4.78 is 0. The molecule has 1 aromatic rings. The van der Waals surface area contributed by atoms with Gasteiger partial charge in [-0.1, -0.05) is 11.8 Å². The van der Waals surface area contributed by atoms with Gasteiger partial charge < -0.3 is 10.6 Å². The third kappa shape index (κ3) is 3.28. The van der Waals surface area contributed by atoms with Crippen LogP contribution in [0.5, 0.6) is 0 Å². The minimum absolute atomic E-state index is 0.119. The van der Waals surface area contributed by atoms with Crippen molar-refractivity contribution in [2.45, 2.75) is 44.3 Å². The van der Waals surface area contributed by atoms with Crippen molar-refractivity contribution < 1.29 is 0 Å². The van der Waals surface area contributed by atoms with E-state index in [1.807, 2.05) is 12.3 Å². The summed E-state index contributed by atoms with van der Waals surface area (Å²) in [5.74, 6) is 2.58. The highest BCUT2D eigenvalue weighted by Crippen LogP contribution is 2.41. The van der Waals surface area contributed by atoms with Gasteiger partial charge in [0.05, 0.1) is 0 Å². The Labute approximate surface area is 113 Å². The highest BCUT2D eigenvalue weighted by atomic mass is 32.2. The number of nitrogens with zero attached hydrogens (tertiary/aromatic N) is 2. The van der Waals surface area contributed by atoms with Gasteiger partial charge in [-0.3, -0.25) is 0 Å². The van der Waals surface area contributed by atoms with E-state index in [9.17, 15) is 0 Å². The van der Waals surface area contributed by atoms with Crippen LogP contribution < -0.4 is 10.6 Å². The first kappa shape index (κ1) is 13.5. The van der Waals surface area contributed by atoms with Crippen LogP contribution in [-0.4, -0.2) is 28.3 Å². The van der Waals surface area contributed by atoms with Crippen molar-refractivity contribution in [1.82, 2.24) is 9.97 Å². The summed E-state index contributed by atoms with van der Waals surface area (Å²) in [7, 11) is 0. The predicted molar refractivity (Wildman–Crippen MR) is 78.4 cm³/mol. The molecule has 0 saturated heterocycles. The van der Waals surface area contributed by atoms with E-state index in [-0.39, 0.29) is 5.54 Å². The van der Waals surface area contributed by atoms with Gasteiger partial charge in [0.1, 0.15) is 11.6 Å². The zero-order valence-corrected chi connectivity index (χ0v) is 12.4. The zero-order valence-electron chi connectivity index (χ0n) is 11.6. The fraction of sp³-hybridized carbons (Fsp3) is 0.692. The first-order valence-electron chi connectivity index (χ1n) is 6.50. The number of rotatable bonds is 6. The highest BCUT2D eigenvalue weighted by molar-refractivity contribution is 7.98. The molecule has 1 saturated carbocycles. The molecule has 1 heterocycles. The van der Waals surface area contributed by atoms with Gasteiger partial charge in [0.15, 0.2) is 5.16 Å². The molecule has 18 heavy (non-hydrogen) atoms. The van der Waals surface area contributed by atoms with Gasteiger partial charge in [0.2, 0.25) is 0 Å². The summed E-state index contributed by atoms with van der Waals surface area (Å²) in [5, 5.41) is 7.61. The van der Waals surface area contributed by atoms with Crippen molar-refractivity contribution in [3.63, 3.8) is 0 Å². The average molecular weight is 266 g/mol. The van der Waals surface area contributed by atoms with E-state index in [4.69, 9.17) is 0 Å². The summed E-state index contributed by atoms with van der Waals surface area (Å²) in [6, 6.07) is 1.99. The Balaban J connectivity index is 2.17. The molecule has 0 atom stereocenters. The molecule has 1 aliphatic rings. The third-order valence-electron chi connectivity index (χ3n) is 3.29. The van der Waals surface area contributed by atoms with E-state index in [0.717, 1.165) is 29.3 Å². The minimum Gasteiger partial charge on any atom is -0.370 e. The summed E-state index contributed by atoms with van der Waals surface area (Å²) >= 11 is 1.57. The summed E-state index contributed by atoms with van der Waals surface area (Å²) in [4.78, 5) is 8.96. The van der Waals surface area contributed by atoms with Crippen LogP contribution in [0.15, 0.2) is 11.2 Å². The highest BCUT2D eigenvalue weighted by Gasteiger charge is 2.37. The maximum atomic E-state index is 4.53. The van der Waals surface area contributed by atoms with E-state index in [1.54, 1.807) is 11.8 Å². The lowest BCUT2D eigenvalue weighted by atomic mass is 9.99. The largest absolute Gasteiger partial charge is 0.370 e. The lowest BCUT2D eigenvalue weighted by molar-refractivity contribution is 0.492. The number of anilines is 2. The quantitative estimate of drug-likeness (QED) is 0.611. The molecule has 2 N–H and O–H groups in total. The topological polar surface area (TPSA) is 49.8 Å². The second-order valence-corrected chi connectivity index (χ2v) is 6.05. The van der Waals surface area contributed by atoms with Crippen molar-refractivity contribution >= 4 is 23.4 Å². The van der Waals surface area contributed by atoms with Crippen molar-refractivity contribution in [1.29, 1.82) is 0 Å². The number of aromatic nitrogens is 2. The summed E-state index contributed by atoms with van der Waals surface area (Å²) in [6.07, 6.45) is 4.64. The molecule has 0 radical (unpaired) electrons. The van der Waals surface area contributed by atoms with Gasteiger partial charge in [-0.2, -0.15) is 0 Å². The Bertz CT molecular complexity index is 415. The first-order chi connectivity index (χ1) is 8.55. The second kappa shape index (κ2) is 5.34. The molecule has 0 bridgehead atoms. The van der Waals surface area contributed by atoms with E-state index in [1.165, 1.54) is 12.8 Å². The Morgan fingerprint density at radius 2 is 2.00 bits per heavy atom. The molecule has 2 rings (SSSR count). The van der Waals surface area contributed by atoms with Crippen LogP contribution in [0.4, 0.5) is 11.6 Å². The monoisotopic (exact) mass is 266 g/mol. The maximum absolute atomic E-state index is 4.53. The molecule has 0 spiro atoms. The van der Waals surface area contributed by atoms with Crippen LogP contribution >= 0.6 is 11.8 Å². The maximum Gasteiger partial charge on any atom is 0.191 e. The molecule has 1 aromatic heterocycles. The van der Waals surface area contributed by atoms with Gasteiger partial charge in [-0.25, -0.2) is 9.97 Å². The van der Waals surface area contributed by atoms with Crippen molar-refractivity contribution in [3.8, 4) is 0 Å². The molecular formula is C13H22N4S. The van der Waals surface area contributed by atoms with Crippen LogP contribution in [-0.2, 0) is 0 Å². The van der Waals surface area contributed by atoms with Crippen molar-refractivity contribution in [2.75, 3.05) is 23.4 Å². The first-order valence-corrected chi connectivity index (χ1v) is 7.72. The predicted octanol–water partition coefficient (Wildman–Crippen LogP) is 3.23. The molecule has 0 aliphatic heterocycles. The van der Waals surface area contributed by atoms with E-state index in [0.29, 0.717) is 0 Å². The molecule has 1 aliphatic carbocycles. The zero-order chi connectivity index (χ0) is 13.2. The molecular weight excluding hydrogens is 244 g/mol. The lowest BCUT2D eigenvalue weighted by Gasteiger charge is -2.27. The molecule has 0 amide bonds. The van der Waals surface area contributed by atoms with E-state index >= 15 is 0 Å². The Hall–Kier alpha value is -0.970. The summed E-state index contributed by atoms with van der Waals surface area (Å²) in [6.45, 7) is 7.44. The van der Waals surface area contributed by atoms with Crippen LogP contribution in [0.25, 0.3) is 0 Å². The Morgan fingerprint density at radius 3 is 2.56 bits per heavy atom. The normalized spacial score (nSPS) is 15.6. The van der Waals surface area contributed by atoms with Crippen LogP contribution in [0.1, 0.15) is 33.6 Å². The minimum atomic E-state index is 0.119. The molecule has 0 aromatic carbocycles. The van der Waals surface area contributed by atoms with Gasteiger partial charge in [-0.05, 0) is 45.8 Å². The van der Waals surface area contributed by atoms with Gasteiger partial charge in [0, 0.05) is 18.2 Å². The van der Waals surface area contributed by atoms with Crippen molar-refractivity contribution in [3.05, 3.63) is 6.07 Å². The van der Waals surface area contributed by atoms with E-state index in [2.05, 4.69) is 41.4 Å². The third-order valence-corrected chi connectivity index (χ3v) is 3.84. The number of nitrogens with one attached hydrogen (secondary N) is 2. The fourth-order valence-electron chi connectivity index (χ4n) is 2.09. The van der Waals surface area contributed by atoms with Crippen LogP contribution in [0, 0.1) is 5.92 Å². The average Bonchev–Trinajstić information content (AvgIpc) is 3.12. The molecule has 5 heteroatoms. The Kier molecular flexibility index (Phi) is 4.00.